The van der Waals surface area contributed by atoms with Crippen molar-refractivity contribution in [1.29, 1.82) is 0 Å². The summed E-state index contributed by atoms with van der Waals surface area (Å²) < 4.78 is 0.795. The third kappa shape index (κ3) is 2.45. The van der Waals surface area contributed by atoms with E-state index in [1.165, 1.54) is 0 Å². The topological polar surface area (TPSA) is 66.6 Å². The largest absolute Gasteiger partial charge is 0.398 e. The molecule has 1 fully saturated rings. The highest BCUT2D eigenvalue weighted by atomic mass is 79.9. The molecule has 0 bridgehead atoms. The van der Waals surface area contributed by atoms with Crippen LogP contribution in [-0.2, 0) is 0 Å². The first-order valence-electron chi connectivity index (χ1n) is 5.52. The molecule has 1 aromatic rings. The van der Waals surface area contributed by atoms with Crippen molar-refractivity contribution < 1.29 is 9.90 Å². The van der Waals surface area contributed by atoms with Gasteiger partial charge in [0, 0.05) is 28.8 Å². The summed E-state index contributed by atoms with van der Waals surface area (Å²) in [4.78, 5) is 13.9. The second-order valence-corrected chi connectivity index (χ2v) is 5.28. The molecule has 1 amide bonds. The minimum absolute atomic E-state index is 0.0629. The average Bonchev–Trinajstić information content (AvgIpc) is 2.69. The normalized spacial score (nSPS) is 19.7. The van der Waals surface area contributed by atoms with Gasteiger partial charge in [-0.2, -0.15) is 0 Å². The standard InChI is InChI=1S/C12H15BrN2O2/c1-7-10(4-8(13)5-11(7)14)12(17)15-3-2-9(16)6-15/h4-5,9,16H,2-3,6,14H2,1H3. The van der Waals surface area contributed by atoms with Crippen LogP contribution in [0.15, 0.2) is 16.6 Å². The van der Waals surface area contributed by atoms with Crippen LogP contribution in [-0.4, -0.2) is 35.1 Å². The van der Waals surface area contributed by atoms with Gasteiger partial charge in [-0.3, -0.25) is 4.79 Å². The lowest BCUT2D eigenvalue weighted by atomic mass is 10.1. The van der Waals surface area contributed by atoms with E-state index < -0.39 is 6.10 Å². The van der Waals surface area contributed by atoms with Crippen molar-refractivity contribution >= 4 is 27.5 Å². The summed E-state index contributed by atoms with van der Waals surface area (Å²) in [5.74, 6) is -0.0629. The van der Waals surface area contributed by atoms with E-state index >= 15 is 0 Å². The number of β-amino-alcohol motifs (C(OH)–C–C–N with tert-alkyl or cyclic N) is 1. The Hall–Kier alpha value is -1.07. The maximum absolute atomic E-state index is 12.3. The monoisotopic (exact) mass is 298 g/mol. The van der Waals surface area contributed by atoms with Crippen molar-refractivity contribution in [3.63, 3.8) is 0 Å². The smallest absolute Gasteiger partial charge is 0.254 e. The minimum atomic E-state index is -0.399. The molecule has 1 saturated heterocycles. The van der Waals surface area contributed by atoms with Gasteiger partial charge in [0.1, 0.15) is 0 Å². The Labute approximate surface area is 109 Å². The molecule has 0 aliphatic carbocycles. The number of halogens is 1. The van der Waals surface area contributed by atoms with Gasteiger partial charge in [0.05, 0.1) is 6.10 Å². The minimum Gasteiger partial charge on any atom is -0.398 e. The van der Waals surface area contributed by atoms with Gasteiger partial charge in [-0.15, -0.1) is 0 Å². The second-order valence-electron chi connectivity index (χ2n) is 4.36. The molecule has 1 unspecified atom stereocenters. The molecule has 0 spiro atoms. The fourth-order valence-corrected chi connectivity index (χ4v) is 2.49. The van der Waals surface area contributed by atoms with Gasteiger partial charge in [0.15, 0.2) is 0 Å². The summed E-state index contributed by atoms with van der Waals surface area (Å²) in [5.41, 5.74) is 7.83. The fourth-order valence-electron chi connectivity index (χ4n) is 2.02. The van der Waals surface area contributed by atoms with Crippen molar-refractivity contribution in [3.05, 3.63) is 27.7 Å². The maximum Gasteiger partial charge on any atom is 0.254 e. The summed E-state index contributed by atoms with van der Waals surface area (Å²) in [6.07, 6.45) is 0.248. The fraction of sp³-hybridized carbons (Fsp3) is 0.417. The number of nitrogen functional groups attached to an aromatic ring is 1. The Morgan fingerprint density at radius 1 is 1.59 bits per heavy atom. The number of carbonyl (C=O) groups is 1. The van der Waals surface area contributed by atoms with Gasteiger partial charge in [-0.1, -0.05) is 15.9 Å². The third-order valence-corrected chi connectivity index (χ3v) is 3.55. The third-order valence-electron chi connectivity index (χ3n) is 3.09. The van der Waals surface area contributed by atoms with Gasteiger partial charge >= 0.3 is 0 Å². The van der Waals surface area contributed by atoms with Crippen molar-refractivity contribution in [2.24, 2.45) is 0 Å². The quantitative estimate of drug-likeness (QED) is 0.773. The number of anilines is 1. The highest BCUT2D eigenvalue weighted by molar-refractivity contribution is 9.10. The van der Waals surface area contributed by atoms with E-state index in [9.17, 15) is 9.90 Å². The molecule has 5 heteroatoms. The zero-order valence-corrected chi connectivity index (χ0v) is 11.2. The molecule has 1 aliphatic heterocycles. The molecule has 2 rings (SSSR count). The van der Waals surface area contributed by atoms with E-state index in [-0.39, 0.29) is 5.91 Å². The number of benzene rings is 1. The number of likely N-dealkylation sites (tertiary alicyclic amines) is 1. The Morgan fingerprint density at radius 3 is 2.88 bits per heavy atom. The second kappa shape index (κ2) is 4.66. The van der Waals surface area contributed by atoms with E-state index in [1.807, 2.05) is 6.92 Å². The summed E-state index contributed by atoms with van der Waals surface area (Å²) in [7, 11) is 0. The van der Waals surface area contributed by atoms with Crippen LogP contribution in [0, 0.1) is 6.92 Å². The van der Waals surface area contributed by atoms with E-state index in [2.05, 4.69) is 15.9 Å². The number of nitrogens with two attached hydrogens (primary N) is 1. The number of aliphatic hydroxyl groups is 1. The summed E-state index contributed by atoms with van der Waals surface area (Å²) in [6.45, 7) is 2.85. The van der Waals surface area contributed by atoms with Crippen LogP contribution in [0.3, 0.4) is 0 Å². The molecule has 1 heterocycles. The van der Waals surface area contributed by atoms with Crippen molar-refractivity contribution in [2.45, 2.75) is 19.4 Å². The number of aliphatic hydroxyl groups excluding tert-OH is 1. The lowest BCUT2D eigenvalue weighted by Crippen LogP contribution is -2.30. The van der Waals surface area contributed by atoms with Gasteiger partial charge in [-0.05, 0) is 31.0 Å². The summed E-state index contributed by atoms with van der Waals surface area (Å²) >= 11 is 3.34. The maximum atomic E-state index is 12.3. The Kier molecular flexibility index (Phi) is 3.40. The number of nitrogens with zero attached hydrogens (tertiary/aromatic N) is 1. The molecular weight excluding hydrogens is 284 g/mol. The summed E-state index contributed by atoms with van der Waals surface area (Å²) in [6, 6.07) is 3.56. The molecule has 0 aromatic heterocycles. The zero-order chi connectivity index (χ0) is 12.6. The van der Waals surface area contributed by atoms with E-state index in [0.717, 1.165) is 10.0 Å². The van der Waals surface area contributed by atoms with Crippen LogP contribution in [0.5, 0.6) is 0 Å². The summed E-state index contributed by atoms with van der Waals surface area (Å²) in [5, 5.41) is 9.45. The Bertz CT molecular complexity index is 462. The molecular formula is C12H15BrN2O2. The number of carbonyl (C=O) groups excluding carboxylic acids is 1. The first kappa shape index (κ1) is 12.4. The molecule has 92 valence electrons. The van der Waals surface area contributed by atoms with Crippen LogP contribution >= 0.6 is 15.9 Å². The van der Waals surface area contributed by atoms with Gasteiger partial charge in [-0.25, -0.2) is 0 Å². The number of rotatable bonds is 1. The van der Waals surface area contributed by atoms with Crippen LogP contribution in [0.4, 0.5) is 5.69 Å². The molecule has 1 aromatic carbocycles. The molecule has 0 radical (unpaired) electrons. The molecule has 17 heavy (non-hydrogen) atoms. The lowest BCUT2D eigenvalue weighted by molar-refractivity contribution is 0.0764. The lowest BCUT2D eigenvalue weighted by Gasteiger charge is -2.18. The average molecular weight is 299 g/mol. The van der Waals surface area contributed by atoms with Crippen LogP contribution < -0.4 is 5.73 Å². The zero-order valence-electron chi connectivity index (χ0n) is 9.61. The highest BCUT2D eigenvalue weighted by Crippen LogP contribution is 2.25. The molecule has 1 aliphatic rings. The molecule has 3 N–H and O–H groups in total. The predicted molar refractivity (Wildman–Crippen MR) is 69.8 cm³/mol. The van der Waals surface area contributed by atoms with E-state index in [0.29, 0.717) is 30.8 Å². The van der Waals surface area contributed by atoms with Gasteiger partial charge in [0.25, 0.3) is 5.91 Å². The number of hydrogen-bond acceptors (Lipinski definition) is 3. The van der Waals surface area contributed by atoms with Crippen molar-refractivity contribution in [3.8, 4) is 0 Å². The highest BCUT2D eigenvalue weighted by Gasteiger charge is 2.26. The first-order valence-corrected chi connectivity index (χ1v) is 6.31. The first-order chi connectivity index (χ1) is 7.99. The number of hydrogen-bond donors (Lipinski definition) is 2. The van der Waals surface area contributed by atoms with E-state index in [4.69, 9.17) is 5.73 Å². The molecule has 1 atom stereocenters. The van der Waals surface area contributed by atoms with Crippen LogP contribution in [0.1, 0.15) is 22.3 Å². The SMILES string of the molecule is Cc1c(N)cc(Br)cc1C(=O)N1CCC(O)C1. The number of amides is 1. The molecule has 0 saturated carbocycles. The van der Waals surface area contributed by atoms with E-state index in [1.54, 1.807) is 17.0 Å². The van der Waals surface area contributed by atoms with Crippen molar-refractivity contribution in [1.82, 2.24) is 4.90 Å². The van der Waals surface area contributed by atoms with Crippen molar-refractivity contribution in [2.75, 3.05) is 18.8 Å². The van der Waals surface area contributed by atoms with Gasteiger partial charge in [0.2, 0.25) is 0 Å². The Balaban J connectivity index is 2.31. The van der Waals surface area contributed by atoms with Crippen LogP contribution in [0.25, 0.3) is 0 Å². The predicted octanol–water partition coefficient (Wildman–Crippen LogP) is 1.55. The van der Waals surface area contributed by atoms with Crippen LogP contribution in [0.2, 0.25) is 0 Å². The Morgan fingerprint density at radius 2 is 2.29 bits per heavy atom. The van der Waals surface area contributed by atoms with Gasteiger partial charge < -0.3 is 15.7 Å². The molecule has 4 nitrogen and oxygen atoms in total.